The lowest BCUT2D eigenvalue weighted by atomic mass is 10.2. The van der Waals surface area contributed by atoms with Crippen LogP contribution in [0.3, 0.4) is 0 Å². The zero-order chi connectivity index (χ0) is 17.9. The second kappa shape index (κ2) is 11.3. The predicted octanol–water partition coefficient (Wildman–Crippen LogP) is 2.00. The molecule has 0 saturated heterocycles. The minimum absolute atomic E-state index is 0.114. The average Bonchev–Trinajstić information content (AvgIpc) is 2.46. The monoisotopic (exact) mass is 328 g/mol. The molecule has 0 radical (unpaired) electrons. The van der Waals surface area contributed by atoms with E-state index in [0.29, 0.717) is 12.0 Å². The van der Waals surface area contributed by atoms with Gasteiger partial charge in [0.25, 0.3) is 0 Å². The number of hydrogen-bond acceptors (Lipinski definition) is 4. The maximum Gasteiger partial charge on any atom is 0.325 e. The van der Waals surface area contributed by atoms with Gasteiger partial charge in [-0.3, -0.25) is 9.79 Å². The van der Waals surface area contributed by atoms with Gasteiger partial charge in [0.15, 0.2) is 5.96 Å². The molecule has 0 heterocycles. The molecule has 0 aliphatic rings. The molecule has 0 bridgehead atoms. The van der Waals surface area contributed by atoms with Gasteiger partial charge in [-0.05, 0) is 60.2 Å². The molecule has 0 aromatic heterocycles. The van der Waals surface area contributed by atoms with Crippen molar-refractivity contribution in [3.8, 4) is 0 Å². The van der Waals surface area contributed by atoms with Crippen LogP contribution in [-0.4, -0.2) is 61.7 Å². The third kappa shape index (κ3) is 11.9. The highest BCUT2D eigenvalue weighted by atomic mass is 16.6. The van der Waals surface area contributed by atoms with Crippen LogP contribution in [0.5, 0.6) is 0 Å². The summed E-state index contributed by atoms with van der Waals surface area (Å²) in [6.07, 6.45) is 2.20. The van der Waals surface area contributed by atoms with E-state index in [4.69, 9.17) is 4.74 Å². The summed E-state index contributed by atoms with van der Waals surface area (Å²) in [6, 6.07) is 0.301. The van der Waals surface area contributed by atoms with Crippen molar-refractivity contribution in [3.05, 3.63) is 0 Å². The van der Waals surface area contributed by atoms with Crippen LogP contribution >= 0.6 is 0 Å². The maximum atomic E-state index is 11.7. The largest absolute Gasteiger partial charge is 0.459 e. The van der Waals surface area contributed by atoms with Crippen molar-refractivity contribution in [2.24, 2.45) is 4.99 Å². The van der Waals surface area contributed by atoms with Gasteiger partial charge in [-0.1, -0.05) is 13.8 Å². The summed E-state index contributed by atoms with van der Waals surface area (Å²) in [6.45, 7) is 15.5. The van der Waals surface area contributed by atoms with Crippen LogP contribution in [0.4, 0.5) is 0 Å². The third-order valence-corrected chi connectivity index (χ3v) is 3.43. The first kappa shape index (κ1) is 21.7. The van der Waals surface area contributed by atoms with Gasteiger partial charge in [0.1, 0.15) is 12.1 Å². The number of rotatable bonds is 9. The highest BCUT2D eigenvalue weighted by Crippen LogP contribution is 2.06. The molecule has 2 N–H and O–H groups in total. The zero-order valence-corrected chi connectivity index (χ0v) is 16.0. The van der Waals surface area contributed by atoms with Gasteiger partial charge in [0.05, 0.1) is 0 Å². The molecule has 6 heteroatoms. The molecule has 0 aliphatic carbocycles. The lowest BCUT2D eigenvalue weighted by Crippen LogP contribution is -2.45. The molecule has 0 aromatic rings. The van der Waals surface area contributed by atoms with Gasteiger partial charge < -0.3 is 20.3 Å². The van der Waals surface area contributed by atoms with Crippen molar-refractivity contribution < 1.29 is 9.53 Å². The molecule has 0 amide bonds. The van der Waals surface area contributed by atoms with E-state index >= 15 is 0 Å². The highest BCUT2D eigenvalue weighted by molar-refractivity contribution is 5.84. The fourth-order valence-corrected chi connectivity index (χ4v) is 2.19. The van der Waals surface area contributed by atoms with E-state index < -0.39 is 5.60 Å². The van der Waals surface area contributed by atoms with E-state index in [-0.39, 0.29) is 12.5 Å². The number of carbonyl (C=O) groups excluding carboxylic acids is 1. The van der Waals surface area contributed by atoms with Gasteiger partial charge in [-0.25, -0.2) is 0 Å². The molecular formula is C17H36N4O2. The van der Waals surface area contributed by atoms with Crippen LogP contribution in [-0.2, 0) is 9.53 Å². The molecule has 0 aromatic carbocycles. The SMILES string of the molecule is CCN(CC)CCCC(C)NC(=NC)NCC(=O)OC(C)(C)C. The molecule has 0 fully saturated rings. The Kier molecular flexibility index (Phi) is 10.6. The molecule has 136 valence electrons. The number of carbonyl (C=O) groups is 1. The quantitative estimate of drug-likeness (QED) is 0.385. The summed E-state index contributed by atoms with van der Waals surface area (Å²) < 4.78 is 5.26. The number of guanidine groups is 1. The number of hydrogen-bond donors (Lipinski definition) is 2. The van der Waals surface area contributed by atoms with Crippen LogP contribution in [0.15, 0.2) is 4.99 Å². The second-order valence-corrected chi connectivity index (χ2v) is 6.73. The molecule has 0 aliphatic heterocycles. The molecule has 1 atom stereocenters. The third-order valence-electron chi connectivity index (χ3n) is 3.43. The Morgan fingerprint density at radius 1 is 1.26 bits per heavy atom. The molecule has 23 heavy (non-hydrogen) atoms. The molecule has 6 nitrogen and oxygen atoms in total. The van der Waals surface area contributed by atoms with E-state index in [1.165, 1.54) is 0 Å². The number of nitrogens with one attached hydrogen (secondary N) is 2. The van der Waals surface area contributed by atoms with E-state index in [2.05, 4.69) is 41.3 Å². The van der Waals surface area contributed by atoms with Crippen molar-refractivity contribution in [1.29, 1.82) is 0 Å². The highest BCUT2D eigenvalue weighted by Gasteiger charge is 2.16. The Bertz CT molecular complexity index is 360. The van der Waals surface area contributed by atoms with E-state index in [0.717, 1.165) is 32.5 Å². The Labute approximate surface area is 142 Å². The smallest absolute Gasteiger partial charge is 0.325 e. The summed E-state index contributed by atoms with van der Waals surface area (Å²) in [5.41, 5.74) is -0.465. The minimum Gasteiger partial charge on any atom is -0.459 e. The number of aliphatic imine (C=N–C) groups is 1. The predicted molar refractivity (Wildman–Crippen MR) is 96.8 cm³/mol. The lowest BCUT2D eigenvalue weighted by molar-refractivity contribution is -0.153. The van der Waals surface area contributed by atoms with Crippen molar-refractivity contribution in [3.63, 3.8) is 0 Å². The molecule has 0 rings (SSSR count). The summed E-state index contributed by atoms with van der Waals surface area (Å²) in [5, 5.41) is 6.31. The average molecular weight is 329 g/mol. The first-order valence-corrected chi connectivity index (χ1v) is 8.63. The van der Waals surface area contributed by atoms with Gasteiger partial charge in [0, 0.05) is 13.1 Å². The Morgan fingerprint density at radius 3 is 2.35 bits per heavy atom. The van der Waals surface area contributed by atoms with Crippen molar-refractivity contribution in [1.82, 2.24) is 15.5 Å². The van der Waals surface area contributed by atoms with Crippen LogP contribution in [0.1, 0.15) is 54.4 Å². The number of esters is 1. The van der Waals surface area contributed by atoms with Crippen molar-refractivity contribution in [2.45, 2.75) is 66.0 Å². The summed E-state index contributed by atoms with van der Waals surface area (Å²) >= 11 is 0. The zero-order valence-electron chi connectivity index (χ0n) is 16.0. The van der Waals surface area contributed by atoms with Crippen molar-refractivity contribution >= 4 is 11.9 Å². The van der Waals surface area contributed by atoms with Gasteiger partial charge in [0.2, 0.25) is 0 Å². The molecule has 1 unspecified atom stereocenters. The van der Waals surface area contributed by atoms with Crippen LogP contribution < -0.4 is 10.6 Å². The molecular weight excluding hydrogens is 292 g/mol. The molecule has 0 saturated carbocycles. The van der Waals surface area contributed by atoms with E-state index in [9.17, 15) is 4.79 Å². The fourth-order valence-electron chi connectivity index (χ4n) is 2.19. The Balaban J connectivity index is 4.07. The minimum atomic E-state index is -0.465. The summed E-state index contributed by atoms with van der Waals surface area (Å²) in [7, 11) is 1.70. The first-order valence-electron chi connectivity index (χ1n) is 8.63. The lowest BCUT2D eigenvalue weighted by Gasteiger charge is -2.22. The molecule has 0 spiro atoms. The topological polar surface area (TPSA) is 66.0 Å². The van der Waals surface area contributed by atoms with Gasteiger partial charge in [-0.15, -0.1) is 0 Å². The maximum absolute atomic E-state index is 11.7. The first-order chi connectivity index (χ1) is 10.7. The summed E-state index contributed by atoms with van der Waals surface area (Å²) in [5.74, 6) is 0.348. The van der Waals surface area contributed by atoms with E-state index in [1.54, 1.807) is 7.05 Å². The normalized spacial score (nSPS) is 13.8. The van der Waals surface area contributed by atoms with Crippen LogP contribution in [0, 0.1) is 0 Å². The Morgan fingerprint density at radius 2 is 1.87 bits per heavy atom. The van der Waals surface area contributed by atoms with Crippen LogP contribution in [0.25, 0.3) is 0 Å². The van der Waals surface area contributed by atoms with Gasteiger partial charge >= 0.3 is 5.97 Å². The summed E-state index contributed by atoms with van der Waals surface area (Å²) in [4.78, 5) is 18.3. The van der Waals surface area contributed by atoms with Crippen molar-refractivity contribution in [2.75, 3.05) is 33.2 Å². The van der Waals surface area contributed by atoms with Gasteiger partial charge in [-0.2, -0.15) is 0 Å². The number of ether oxygens (including phenoxy) is 1. The standard InChI is InChI=1S/C17H36N4O2/c1-8-21(9-2)12-10-11-14(3)20-16(18-7)19-13-15(22)23-17(4,5)6/h14H,8-13H2,1-7H3,(H2,18,19,20). The Hall–Kier alpha value is -1.30. The van der Waals surface area contributed by atoms with E-state index in [1.807, 2.05) is 20.8 Å². The van der Waals surface area contributed by atoms with Crippen LogP contribution in [0.2, 0.25) is 0 Å². The fraction of sp³-hybridized carbons (Fsp3) is 0.882. The second-order valence-electron chi connectivity index (χ2n) is 6.73. The number of nitrogens with zero attached hydrogens (tertiary/aromatic N) is 2.